The summed E-state index contributed by atoms with van der Waals surface area (Å²) in [6.07, 6.45) is 1.29. The molecule has 5 nitrogen and oxygen atoms in total. The van der Waals surface area contributed by atoms with E-state index in [9.17, 15) is 18.0 Å². The molecule has 0 bridgehead atoms. The van der Waals surface area contributed by atoms with Crippen molar-refractivity contribution in [1.82, 2.24) is 19.9 Å². The third-order valence-corrected chi connectivity index (χ3v) is 5.58. The van der Waals surface area contributed by atoms with Gasteiger partial charge in [-0.3, -0.25) is 4.79 Å². The molecule has 4 aromatic rings. The summed E-state index contributed by atoms with van der Waals surface area (Å²) in [5, 5.41) is 3.10. The zero-order valence-corrected chi connectivity index (χ0v) is 16.5. The molecule has 0 unspecified atom stereocenters. The molecule has 0 aliphatic heterocycles. The fourth-order valence-corrected chi connectivity index (χ4v) is 4.06. The monoisotopic (exact) mass is 430 g/mol. The number of carbonyl (C=O) groups is 1. The molecule has 0 saturated heterocycles. The second-order valence-electron chi connectivity index (χ2n) is 6.82. The van der Waals surface area contributed by atoms with Crippen LogP contribution in [-0.2, 0) is 19.1 Å². The molecule has 0 spiro atoms. The maximum Gasteiger partial charge on any atom is 0.416 e. The van der Waals surface area contributed by atoms with E-state index in [0.29, 0.717) is 23.2 Å². The summed E-state index contributed by atoms with van der Waals surface area (Å²) in [6, 6.07) is 12.8. The van der Waals surface area contributed by atoms with Crippen molar-refractivity contribution in [3.63, 3.8) is 0 Å². The molecule has 0 saturated carbocycles. The Labute approximate surface area is 174 Å². The highest BCUT2D eigenvalue weighted by Gasteiger charge is 2.31. The lowest BCUT2D eigenvalue weighted by atomic mass is 10.1. The number of carbonyl (C=O) groups excluding carboxylic acids is 1. The molecule has 0 fully saturated rings. The lowest BCUT2D eigenvalue weighted by Gasteiger charge is -2.19. The molecule has 1 amide bonds. The number of nitrogens with one attached hydrogen (secondary N) is 1. The molecule has 0 aliphatic carbocycles. The molecule has 30 heavy (non-hydrogen) atoms. The second kappa shape index (κ2) is 8.27. The molecule has 0 aliphatic rings. The van der Waals surface area contributed by atoms with Gasteiger partial charge in [-0.25, -0.2) is 9.97 Å². The first-order valence-electron chi connectivity index (χ1n) is 9.17. The van der Waals surface area contributed by atoms with Crippen molar-refractivity contribution < 1.29 is 18.0 Å². The predicted molar refractivity (Wildman–Crippen MR) is 108 cm³/mol. The third kappa shape index (κ3) is 4.68. The van der Waals surface area contributed by atoms with Gasteiger partial charge in [-0.2, -0.15) is 13.2 Å². The molecule has 1 atom stereocenters. The number of halogens is 3. The summed E-state index contributed by atoms with van der Waals surface area (Å²) in [6.45, 7) is 0.504. The van der Waals surface area contributed by atoms with E-state index < -0.39 is 17.6 Å². The molecule has 9 heteroatoms. The van der Waals surface area contributed by atoms with Crippen LogP contribution < -0.4 is 5.32 Å². The highest BCUT2D eigenvalue weighted by molar-refractivity contribution is 7.20. The van der Waals surface area contributed by atoms with E-state index in [4.69, 9.17) is 0 Å². The topological polar surface area (TPSA) is 59.8 Å². The number of nitrogens with zero attached hydrogens (tertiary/aromatic N) is 3. The average molecular weight is 430 g/mol. The Kier molecular flexibility index (Phi) is 5.54. The van der Waals surface area contributed by atoms with Gasteiger partial charge in [-0.1, -0.05) is 30.3 Å². The van der Waals surface area contributed by atoms with Crippen LogP contribution in [0.1, 0.15) is 20.9 Å². The number of alkyl halides is 3. The minimum absolute atomic E-state index is 0.132. The predicted octanol–water partition coefficient (Wildman–Crippen LogP) is 4.55. The van der Waals surface area contributed by atoms with Gasteiger partial charge >= 0.3 is 6.18 Å². The van der Waals surface area contributed by atoms with E-state index in [1.807, 2.05) is 34.9 Å². The van der Waals surface area contributed by atoms with Gasteiger partial charge in [0.2, 0.25) is 0 Å². The largest absolute Gasteiger partial charge is 0.416 e. The van der Waals surface area contributed by atoms with E-state index in [1.54, 1.807) is 18.7 Å². The standard InChI is InChI=1S/C21H17F3N4OS/c22-21(23,24)15-6-7-17-18(11-15)30-20(27-17)19(29)26-16(12-28-9-8-25-13-28)10-14-4-2-1-3-5-14/h1-9,11,13,16H,10,12H2,(H,26,29)/t16-/m0/s1. The highest BCUT2D eigenvalue weighted by Crippen LogP contribution is 2.33. The van der Waals surface area contributed by atoms with Crippen molar-refractivity contribution in [2.45, 2.75) is 25.2 Å². The van der Waals surface area contributed by atoms with Gasteiger partial charge in [0, 0.05) is 18.9 Å². The number of amides is 1. The summed E-state index contributed by atoms with van der Waals surface area (Å²) >= 11 is 0.950. The third-order valence-electron chi connectivity index (χ3n) is 4.56. The van der Waals surface area contributed by atoms with E-state index in [-0.39, 0.29) is 11.0 Å². The summed E-state index contributed by atoms with van der Waals surface area (Å²) in [5.41, 5.74) is 0.669. The maximum absolute atomic E-state index is 12.9. The van der Waals surface area contributed by atoms with Crippen LogP contribution in [0.3, 0.4) is 0 Å². The fraction of sp³-hybridized carbons (Fsp3) is 0.190. The van der Waals surface area contributed by atoms with Crippen molar-refractivity contribution >= 4 is 27.5 Å². The van der Waals surface area contributed by atoms with Gasteiger partial charge in [-0.05, 0) is 30.2 Å². The Morgan fingerprint density at radius 2 is 1.97 bits per heavy atom. The van der Waals surface area contributed by atoms with Gasteiger partial charge in [0.25, 0.3) is 5.91 Å². The average Bonchev–Trinajstić information content (AvgIpc) is 3.36. The summed E-state index contributed by atoms with van der Waals surface area (Å²) in [5.74, 6) is -0.411. The van der Waals surface area contributed by atoms with Crippen molar-refractivity contribution in [3.05, 3.63) is 83.4 Å². The zero-order valence-electron chi connectivity index (χ0n) is 15.6. The first kappa shape index (κ1) is 20.1. The molecular formula is C21H17F3N4OS. The fourth-order valence-electron chi connectivity index (χ4n) is 3.15. The van der Waals surface area contributed by atoms with E-state index in [2.05, 4.69) is 15.3 Å². The van der Waals surface area contributed by atoms with E-state index >= 15 is 0 Å². The molecule has 154 valence electrons. The van der Waals surface area contributed by atoms with Crippen LogP contribution in [0.2, 0.25) is 0 Å². The Morgan fingerprint density at radius 1 is 1.17 bits per heavy atom. The number of rotatable bonds is 6. The van der Waals surface area contributed by atoms with Crippen molar-refractivity contribution in [2.75, 3.05) is 0 Å². The van der Waals surface area contributed by atoms with Crippen molar-refractivity contribution in [3.8, 4) is 0 Å². The maximum atomic E-state index is 12.9. The molecule has 4 rings (SSSR count). The van der Waals surface area contributed by atoms with Crippen LogP contribution in [-0.4, -0.2) is 26.5 Å². The Morgan fingerprint density at radius 3 is 2.67 bits per heavy atom. The summed E-state index contributed by atoms with van der Waals surface area (Å²) < 4.78 is 41.0. The first-order valence-corrected chi connectivity index (χ1v) is 9.98. The van der Waals surface area contributed by atoms with Crippen LogP contribution in [0.15, 0.2) is 67.3 Å². The van der Waals surface area contributed by atoms with Gasteiger partial charge < -0.3 is 9.88 Å². The van der Waals surface area contributed by atoms with E-state index in [1.165, 1.54) is 6.07 Å². The lowest BCUT2D eigenvalue weighted by Crippen LogP contribution is -2.39. The molecular weight excluding hydrogens is 413 g/mol. The Bertz CT molecular complexity index is 1140. The van der Waals surface area contributed by atoms with Gasteiger partial charge in [0.05, 0.1) is 28.1 Å². The number of thiazole rings is 1. The molecule has 2 heterocycles. The SMILES string of the molecule is O=C(N[C@@H](Cc1ccccc1)Cn1ccnc1)c1nc2ccc(C(F)(F)F)cc2s1. The lowest BCUT2D eigenvalue weighted by molar-refractivity contribution is -0.137. The number of hydrogen-bond acceptors (Lipinski definition) is 4. The second-order valence-corrected chi connectivity index (χ2v) is 7.85. The number of imidazole rings is 1. The van der Waals surface area contributed by atoms with E-state index in [0.717, 1.165) is 29.0 Å². The molecule has 2 aromatic heterocycles. The Balaban J connectivity index is 1.55. The smallest absolute Gasteiger partial charge is 0.345 e. The molecule has 2 aromatic carbocycles. The van der Waals surface area contributed by atoms with Gasteiger partial charge in [-0.15, -0.1) is 11.3 Å². The number of hydrogen-bond donors (Lipinski definition) is 1. The molecule has 1 N–H and O–H groups in total. The number of aromatic nitrogens is 3. The number of fused-ring (bicyclic) bond motifs is 1. The van der Waals surface area contributed by atoms with Gasteiger partial charge in [0.1, 0.15) is 0 Å². The Hall–Kier alpha value is -3.20. The minimum atomic E-state index is -4.44. The number of benzene rings is 2. The normalized spacial score (nSPS) is 12.8. The zero-order chi connectivity index (χ0) is 21.1. The quantitative estimate of drug-likeness (QED) is 0.488. The summed E-state index contributed by atoms with van der Waals surface area (Å²) in [7, 11) is 0. The van der Waals surface area contributed by atoms with Crippen molar-refractivity contribution in [1.29, 1.82) is 0 Å². The van der Waals surface area contributed by atoms with Crippen LogP contribution in [0.4, 0.5) is 13.2 Å². The van der Waals surface area contributed by atoms with Crippen molar-refractivity contribution in [2.24, 2.45) is 0 Å². The highest BCUT2D eigenvalue weighted by atomic mass is 32.1. The van der Waals surface area contributed by atoms with Crippen LogP contribution in [0.25, 0.3) is 10.2 Å². The molecule has 0 radical (unpaired) electrons. The first-order chi connectivity index (χ1) is 14.4. The van der Waals surface area contributed by atoms with Crippen LogP contribution in [0.5, 0.6) is 0 Å². The van der Waals surface area contributed by atoms with Gasteiger partial charge in [0.15, 0.2) is 5.01 Å². The van der Waals surface area contributed by atoms with Crippen LogP contribution in [0, 0.1) is 0 Å². The van der Waals surface area contributed by atoms with Crippen LogP contribution >= 0.6 is 11.3 Å². The minimum Gasteiger partial charge on any atom is -0.345 e. The summed E-state index contributed by atoms with van der Waals surface area (Å²) in [4.78, 5) is 21.1.